The molecule has 0 saturated heterocycles. The lowest BCUT2D eigenvalue weighted by Crippen LogP contribution is -2.51. The van der Waals surface area contributed by atoms with Crippen molar-refractivity contribution >= 4 is 5.97 Å². The van der Waals surface area contributed by atoms with Crippen LogP contribution in [0.5, 0.6) is 0 Å². The smallest absolute Gasteiger partial charge is 0.328 e. The van der Waals surface area contributed by atoms with Gasteiger partial charge >= 0.3 is 5.97 Å². The molecule has 3 N–H and O–H groups in total. The maximum atomic E-state index is 10.3. The van der Waals surface area contributed by atoms with Crippen molar-refractivity contribution in [1.82, 2.24) is 5.32 Å². The second-order valence-electron chi connectivity index (χ2n) is 4.76. The van der Waals surface area contributed by atoms with Crippen molar-refractivity contribution in [3.05, 3.63) is 12.2 Å². The number of carboxylic acids is 1. The van der Waals surface area contributed by atoms with Crippen LogP contribution in [0.4, 0.5) is 0 Å². The molecule has 16 heavy (non-hydrogen) atoms. The molecule has 1 aliphatic carbocycles. The Morgan fingerprint density at radius 1 is 1.62 bits per heavy atom. The average molecular weight is 227 g/mol. The van der Waals surface area contributed by atoms with Crippen LogP contribution in [-0.4, -0.2) is 34.9 Å². The van der Waals surface area contributed by atoms with Crippen molar-refractivity contribution in [3.8, 4) is 0 Å². The lowest BCUT2D eigenvalue weighted by molar-refractivity contribution is -0.131. The first-order valence-electron chi connectivity index (χ1n) is 5.83. The Morgan fingerprint density at radius 2 is 2.38 bits per heavy atom. The first kappa shape index (κ1) is 13.2. The highest BCUT2D eigenvalue weighted by molar-refractivity contribution is 5.79. The molecule has 4 heteroatoms. The van der Waals surface area contributed by atoms with Gasteiger partial charge in [0.15, 0.2) is 0 Å². The van der Waals surface area contributed by atoms with Crippen molar-refractivity contribution < 1.29 is 15.0 Å². The summed E-state index contributed by atoms with van der Waals surface area (Å²) in [6.07, 6.45) is 6.98. The zero-order chi connectivity index (χ0) is 12.0. The Bertz CT molecular complexity index is 265. The molecule has 4 nitrogen and oxygen atoms in total. The van der Waals surface area contributed by atoms with Crippen LogP contribution in [0.3, 0.4) is 0 Å². The highest BCUT2D eigenvalue weighted by atomic mass is 16.4. The van der Waals surface area contributed by atoms with E-state index in [4.69, 9.17) is 5.11 Å². The van der Waals surface area contributed by atoms with E-state index in [0.29, 0.717) is 12.5 Å². The molecule has 1 fully saturated rings. The van der Waals surface area contributed by atoms with E-state index in [9.17, 15) is 9.90 Å². The van der Waals surface area contributed by atoms with Crippen LogP contribution < -0.4 is 5.32 Å². The summed E-state index contributed by atoms with van der Waals surface area (Å²) < 4.78 is 0. The standard InChI is InChI=1S/C12H21NO3/c1-10-4-2-6-12(8-10,9-14)13-7-3-5-11(15)16/h3,5,10,13-14H,2,4,6-9H2,1H3,(H,15,16)/b5-3+. The maximum Gasteiger partial charge on any atom is 0.328 e. The molecule has 0 aromatic carbocycles. The molecular formula is C12H21NO3. The fourth-order valence-electron chi connectivity index (χ4n) is 2.46. The van der Waals surface area contributed by atoms with Gasteiger partial charge in [-0.25, -0.2) is 4.79 Å². The van der Waals surface area contributed by atoms with Gasteiger partial charge in [-0.15, -0.1) is 0 Å². The molecular weight excluding hydrogens is 206 g/mol. The van der Waals surface area contributed by atoms with E-state index in [-0.39, 0.29) is 12.1 Å². The molecule has 92 valence electrons. The molecule has 1 saturated carbocycles. The monoisotopic (exact) mass is 227 g/mol. The van der Waals surface area contributed by atoms with Gasteiger partial charge in [0.25, 0.3) is 0 Å². The van der Waals surface area contributed by atoms with Gasteiger partial charge in [-0.3, -0.25) is 0 Å². The zero-order valence-corrected chi connectivity index (χ0v) is 9.78. The minimum atomic E-state index is -0.933. The van der Waals surface area contributed by atoms with E-state index < -0.39 is 5.97 Å². The zero-order valence-electron chi connectivity index (χ0n) is 9.78. The number of aliphatic carboxylic acids is 1. The second-order valence-corrected chi connectivity index (χ2v) is 4.76. The molecule has 0 amide bonds. The van der Waals surface area contributed by atoms with Crippen molar-refractivity contribution in [1.29, 1.82) is 0 Å². The van der Waals surface area contributed by atoms with Gasteiger partial charge in [0.1, 0.15) is 0 Å². The molecule has 0 radical (unpaired) electrons. The number of carbonyl (C=O) groups is 1. The van der Waals surface area contributed by atoms with Crippen LogP contribution in [0.25, 0.3) is 0 Å². The molecule has 0 aliphatic heterocycles. The summed E-state index contributed by atoms with van der Waals surface area (Å²) in [4.78, 5) is 10.3. The molecule has 0 aromatic rings. The Labute approximate surface area is 96.4 Å². The van der Waals surface area contributed by atoms with E-state index in [1.165, 1.54) is 6.42 Å². The fourth-order valence-corrected chi connectivity index (χ4v) is 2.46. The highest BCUT2D eigenvalue weighted by Crippen LogP contribution is 2.31. The summed E-state index contributed by atoms with van der Waals surface area (Å²) in [6.45, 7) is 2.82. The topological polar surface area (TPSA) is 69.6 Å². The summed E-state index contributed by atoms with van der Waals surface area (Å²) in [6, 6.07) is 0. The molecule has 2 unspecified atom stereocenters. The minimum Gasteiger partial charge on any atom is -0.478 e. The molecule has 2 atom stereocenters. The maximum absolute atomic E-state index is 10.3. The van der Waals surface area contributed by atoms with E-state index in [1.807, 2.05) is 0 Å². The Hall–Kier alpha value is -0.870. The first-order chi connectivity index (χ1) is 7.58. The van der Waals surface area contributed by atoms with Gasteiger partial charge in [-0.05, 0) is 18.8 Å². The summed E-state index contributed by atoms with van der Waals surface area (Å²) in [5.74, 6) is -0.311. The minimum absolute atomic E-state index is 0.123. The van der Waals surface area contributed by atoms with Crippen LogP contribution in [0, 0.1) is 5.92 Å². The molecule has 0 spiro atoms. The summed E-state index contributed by atoms with van der Waals surface area (Å²) in [5, 5.41) is 21.2. The Kier molecular flexibility index (Phi) is 4.96. The predicted octanol–water partition coefficient (Wildman–Crippen LogP) is 1.16. The number of nitrogens with one attached hydrogen (secondary N) is 1. The van der Waals surface area contributed by atoms with Crippen LogP contribution in [0.15, 0.2) is 12.2 Å². The van der Waals surface area contributed by atoms with Gasteiger partial charge < -0.3 is 15.5 Å². The van der Waals surface area contributed by atoms with Crippen LogP contribution in [0.1, 0.15) is 32.6 Å². The third kappa shape index (κ3) is 3.94. The van der Waals surface area contributed by atoms with Crippen LogP contribution in [-0.2, 0) is 4.79 Å². The molecule has 1 aliphatic rings. The van der Waals surface area contributed by atoms with Gasteiger partial charge in [0.05, 0.1) is 6.61 Å². The molecule has 1 rings (SSSR count). The molecule has 0 bridgehead atoms. The molecule has 0 heterocycles. The quantitative estimate of drug-likeness (QED) is 0.616. The van der Waals surface area contributed by atoms with Crippen LogP contribution in [0.2, 0.25) is 0 Å². The van der Waals surface area contributed by atoms with Gasteiger partial charge in [-0.1, -0.05) is 25.8 Å². The number of hydrogen-bond acceptors (Lipinski definition) is 3. The predicted molar refractivity (Wildman–Crippen MR) is 62.2 cm³/mol. The van der Waals surface area contributed by atoms with Crippen LogP contribution >= 0.6 is 0 Å². The SMILES string of the molecule is CC1CCCC(CO)(NC/C=C/C(=O)O)C1. The largest absolute Gasteiger partial charge is 0.478 e. The summed E-state index contributed by atoms with van der Waals surface area (Å²) in [5.41, 5.74) is -0.208. The number of aliphatic hydroxyl groups excluding tert-OH is 1. The van der Waals surface area contributed by atoms with Crippen molar-refractivity contribution in [2.75, 3.05) is 13.2 Å². The van der Waals surface area contributed by atoms with Gasteiger partial charge in [0.2, 0.25) is 0 Å². The Morgan fingerprint density at radius 3 is 2.94 bits per heavy atom. The van der Waals surface area contributed by atoms with E-state index in [1.54, 1.807) is 6.08 Å². The fraction of sp³-hybridized carbons (Fsp3) is 0.750. The van der Waals surface area contributed by atoms with E-state index in [0.717, 1.165) is 25.3 Å². The van der Waals surface area contributed by atoms with E-state index in [2.05, 4.69) is 12.2 Å². The summed E-state index contributed by atoms with van der Waals surface area (Å²) in [7, 11) is 0. The third-order valence-corrected chi connectivity index (χ3v) is 3.25. The second kappa shape index (κ2) is 6.01. The number of rotatable bonds is 5. The van der Waals surface area contributed by atoms with Gasteiger partial charge in [-0.2, -0.15) is 0 Å². The average Bonchev–Trinajstić information content (AvgIpc) is 2.24. The first-order valence-corrected chi connectivity index (χ1v) is 5.83. The molecule has 0 aromatic heterocycles. The normalized spacial score (nSPS) is 30.8. The van der Waals surface area contributed by atoms with Crippen molar-refractivity contribution in [3.63, 3.8) is 0 Å². The van der Waals surface area contributed by atoms with Gasteiger partial charge in [0, 0.05) is 18.2 Å². The lowest BCUT2D eigenvalue weighted by Gasteiger charge is -2.39. The van der Waals surface area contributed by atoms with Crippen molar-refractivity contribution in [2.24, 2.45) is 5.92 Å². The highest BCUT2D eigenvalue weighted by Gasteiger charge is 2.33. The van der Waals surface area contributed by atoms with E-state index >= 15 is 0 Å². The number of carboxylic acid groups (broad SMARTS) is 1. The number of hydrogen-bond donors (Lipinski definition) is 3. The lowest BCUT2D eigenvalue weighted by atomic mass is 9.77. The number of aliphatic hydroxyl groups is 1. The van der Waals surface area contributed by atoms with Crippen molar-refractivity contribution in [2.45, 2.75) is 38.1 Å². The third-order valence-electron chi connectivity index (χ3n) is 3.25. The Balaban J connectivity index is 2.43. The summed E-state index contributed by atoms with van der Waals surface area (Å²) >= 11 is 0.